The van der Waals surface area contributed by atoms with Crippen molar-refractivity contribution in [1.82, 2.24) is 4.57 Å². The molecule has 1 aliphatic heterocycles. The number of nitrogens with zero attached hydrogens (tertiary/aromatic N) is 2. The summed E-state index contributed by atoms with van der Waals surface area (Å²) >= 11 is 1.24. The van der Waals surface area contributed by atoms with Crippen LogP contribution in [0, 0.1) is 0 Å². The highest BCUT2D eigenvalue weighted by molar-refractivity contribution is 7.07. The van der Waals surface area contributed by atoms with Crippen LogP contribution in [0.1, 0.15) is 66.9 Å². The molecule has 1 aliphatic rings. The van der Waals surface area contributed by atoms with Crippen LogP contribution in [0.25, 0.3) is 17.4 Å². The smallest absolute Gasteiger partial charge is 0.338 e. The van der Waals surface area contributed by atoms with Crippen molar-refractivity contribution >= 4 is 29.4 Å². The number of benzene rings is 2. The molecule has 0 amide bonds. The molecule has 2 aromatic carbocycles. The fourth-order valence-corrected chi connectivity index (χ4v) is 5.80. The summed E-state index contributed by atoms with van der Waals surface area (Å²) in [6, 6.07) is 17.7. The summed E-state index contributed by atoms with van der Waals surface area (Å²) in [5.74, 6) is 0.514. The van der Waals surface area contributed by atoms with Crippen molar-refractivity contribution in [3.05, 3.63) is 114 Å². The Bertz CT molecular complexity index is 1820. The third-order valence-corrected chi connectivity index (χ3v) is 7.91. The molecule has 0 N–H and O–H groups in total. The number of hydrogen-bond donors (Lipinski definition) is 0. The first kappa shape index (κ1) is 28.0. The number of esters is 2. The lowest BCUT2D eigenvalue weighted by Gasteiger charge is -2.25. The summed E-state index contributed by atoms with van der Waals surface area (Å²) in [5, 5.41) is 0. The molecular weight excluding hydrogens is 540 g/mol. The van der Waals surface area contributed by atoms with Crippen LogP contribution in [0.5, 0.6) is 0 Å². The van der Waals surface area contributed by atoms with E-state index in [2.05, 4.69) is 18.8 Å². The topological polar surface area (TPSA) is 100 Å². The highest BCUT2D eigenvalue weighted by atomic mass is 32.1. The van der Waals surface area contributed by atoms with E-state index in [1.54, 1.807) is 60.9 Å². The maximum Gasteiger partial charge on any atom is 0.338 e. The van der Waals surface area contributed by atoms with Crippen molar-refractivity contribution in [3.63, 3.8) is 0 Å². The second-order valence-corrected chi connectivity index (χ2v) is 10.9. The van der Waals surface area contributed by atoms with Gasteiger partial charge in [0.2, 0.25) is 0 Å². The lowest BCUT2D eigenvalue weighted by molar-refractivity contribution is -0.139. The molecule has 0 radical (unpaired) electrons. The van der Waals surface area contributed by atoms with Crippen molar-refractivity contribution in [1.29, 1.82) is 0 Å². The Morgan fingerprint density at radius 1 is 1.05 bits per heavy atom. The zero-order chi connectivity index (χ0) is 29.3. The summed E-state index contributed by atoms with van der Waals surface area (Å²) in [6.45, 7) is 7.96. The zero-order valence-corrected chi connectivity index (χ0v) is 24.3. The maximum absolute atomic E-state index is 13.8. The van der Waals surface area contributed by atoms with E-state index >= 15 is 0 Å². The molecule has 0 saturated carbocycles. The number of furan rings is 1. The van der Waals surface area contributed by atoms with Gasteiger partial charge in [0.05, 0.1) is 41.1 Å². The molecule has 8 nitrogen and oxygen atoms in total. The molecule has 9 heteroatoms. The first-order valence-corrected chi connectivity index (χ1v) is 14.1. The van der Waals surface area contributed by atoms with Crippen LogP contribution in [0.3, 0.4) is 0 Å². The van der Waals surface area contributed by atoms with Gasteiger partial charge in [-0.1, -0.05) is 61.6 Å². The standard InChI is InChI=1S/C32H30N2O6S/c1-6-39-31(37)27-19(4)33-32-34(28(27)22-11-7-20(8-12-22)18(2)3)29(35)26(41-32)17-24-15-16-25(40-24)21-9-13-23(14-10-21)30(36)38-5/h7-18,28H,6H2,1-5H3. The van der Waals surface area contributed by atoms with Gasteiger partial charge in [-0.2, -0.15) is 0 Å². The molecule has 0 bridgehead atoms. The number of fused-ring (bicyclic) bond motifs is 1. The Kier molecular flexibility index (Phi) is 7.90. The van der Waals surface area contributed by atoms with Gasteiger partial charge in [-0.05, 0) is 55.2 Å². The number of rotatable bonds is 7. The summed E-state index contributed by atoms with van der Waals surface area (Å²) < 4.78 is 18.1. The Morgan fingerprint density at radius 3 is 2.39 bits per heavy atom. The van der Waals surface area contributed by atoms with Crippen molar-refractivity contribution < 1.29 is 23.5 Å². The lowest BCUT2D eigenvalue weighted by atomic mass is 9.93. The predicted molar refractivity (Wildman–Crippen MR) is 156 cm³/mol. The van der Waals surface area contributed by atoms with Crippen LogP contribution in [0.4, 0.5) is 0 Å². The van der Waals surface area contributed by atoms with E-state index in [4.69, 9.17) is 13.9 Å². The predicted octanol–water partition coefficient (Wildman–Crippen LogP) is 4.97. The maximum atomic E-state index is 13.8. The highest BCUT2D eigenvalue weighted by Gasteiger charge is 2.33. The van der Waals surface area contributed by atoms with Gasteiger partial charge in [0, 0.05) is 11.6 Å². The molecule has 210 valence electrons. The second kappa shape index (κ2) is 11.5. The molecule has 5 rings (SSSR count). The van der Waals surface area contributed by atoms with Crippen molar-refractivity contribution in [2.24, 2.45) is 4.99 Å². The van der Waals surface area contributed by atoms with E-state index in [0.29, 0.717) is 43.6 Å². The Labute approximate surface area is 240 Å². The highest BCUT2D eigenvalue weighted by Crippen LogP contribution is 2.31. The number of thiazole rings is 1. The number of allylic oxidation sites excluding steroid dienone is 1. The fraction of sp³-hybridized carbons (Fsp3) is 0.250. The fourth-order valence-electron chi connectivity index (χ4n) is 4.77. The first-order chi connectivity index (χ1) is 19.7. The third-order valence-electron chi connectivity index (χ3n) is 6.93. The summed E-state index contributed by atoms with van der Waals surface area (Å²) in [6.07, 6.45) is 1.68. The molecule has 41 heavy (non-hydrogen) atoms. The monoisotopic (exact) mass is 570 g/mol. The number of hydrogen-bond acceptors (Lipinski definition) is 8. The van der Waals surface area contributed by atoms with Gasteiger partial charge in [-0.3, -0.25) is 9.36 Å². The lowest BCUT2D eigenvalue weighted by Crippen LogP contribution is -2.39. The molecule has 3 heterocycles. The Hall–Kier alpha value is -4.50. The zero-order valence-electron chi connectivity index (χ0n) is 23.5. The molecule has 0 spiro atoms. The van der Waals surface area contributed by atoms with Crippen LogP contribution in [-0.4, -0.2) is 30.2 Å². The van der Waals surface area contributed by atoms with Gasteiger partial charge < -0.3 is 13.9 Å². The van der Waals surface area contributed by atoms with Crippen LogP contribution in [0.2, 0.25) is 0 Å². The number of carbonyl (C=O) groups excluding carboxylic acids is 2. The van der Waals surface area contributed by atoms with E-state index in [0.717, 1.165) is 16.7 Å². The quantitative estimate of drug-likeness (QED) is 0.291. The van der Waals surface area contributed by atoms with Gasteiger partial charge in [-0.15, -0.1) is 0 Å². The number of ether oxygens (including phenoxy) is 2. The van der Waals surface area contributed by atoms with E-state index in [1.165, 1.54) is 18.4 Å². The summed E-state index contributed by atoms with van der Waals surface area (Å²) in [7, 11) is 1.34. The SMILES string of the molecule is CCOC(=O)C1=C(C)N=c2sc(=Cc3ccc(-c4ccc(C(=O)OC)cc4)o3)c(=O)n2C1c1ccc(C(C)C)cc1. The first-order valence-electron chi connectivity index (χ1n) is 13.3. The minimum absolute atomic E-state index is 0.214. The molecule has 2 aromatic heterocycles. The van der Waals surface area contributed by atoms with E-state index in [-0.39, 0.29) is 12.2 Å². The normalized spacial score (nSPS) is 15.1. The van der Waals surface area contributed by atoms with E-state index in [9.17, 15) is 14.4 Å². The molecule has 0 saturated heterocycles. The van der Waals surface area contributed by atoms with Crippen LogP contribution >= 0.6 is 11.3 Å². The number of methoxy groups -OCH3 is 1. The third kappa shape index (κ3) is 5.45. The van der Waals surface area contributed by atoms with Crippen molar-refractivity contribution in [2.45, 2.75) is 39.7 Å². The van der Waals surface area contributed by atoms with Crippen molar-refractivity contribution in [2.75, 3.05) is 13.7 Å². The molecule has 0 fully saturated rings. The van der Waals surface area contributed by atoms with Gasteiger partial charge in [0.15, 0.2) is 4.80 Å². The van der Waals surface area contributed by atoms with Crippen molar-refractivity contribution in [3.8, 4) is 11.3 Å². The summed E-state index contributed by atoms with van der Waals surface area (Å²) in [4.78, 5) is 43.8. The number of aromatic nitrogens is 1. The molecule has 1 unspecified atom stereocenters. The molecule has 1 atom stereocenters. The van der Waals surface area contributed by atoms with Gasteiger partial charge >= 0.3 is 11.9 Å². The summed E-state index contributed by atoms with van der Waals surface area (Å²) in [5.41, 5.74) is 3.77. The van der Waals surface area contributed by atoms with E-state index in [1.807, 2.05) is 24.3 Å². The van der Waals surface area contributed by atoms with Gasteiger partial charge in [0.25, 0.3) is 5.56 Å². The Balaban J connectivity index is 1.57. The molecule has 4 aromatic rings. The van der Waals surface area contributed by atoms with Crippen LogP contribution < -0.4 is 14.9 Å². The molecule has 0 aliphatic carbocycles. The molecular formula is C32H30N2O6S. The minimum atomic E-state index is -0.672. The second-order valence-electron chi connectivity index (χ2n) is 9.89. The average molecular weight is 571 g/mol. The number of carbonyl (C=O) groups is 2. The van der Waals surface area contributed by atoms with Crippen LogP contribution in [0.15, 0.2) is 86.1 Å². The van der Waals surface area contributed by atoms with E-state index < -0.39 is 18.0 Å². The largest absolute Gasteiger partial charge is 0.465 e. The minimum Gasteiger partial charge on any atom is -0.465 e. The van der Waals surface area contributed by atoms with Crippen LogP contribution in [-0.2, 0) is 14.3 Å². The van der Waals surface area contributed by atoms with Gasteiger partial charge in [0.1, 0.15) is 11.5 Å². The average Bonchev–Trinajstić information content (AvgIpc) is 3.56. The van der Waals surface area contributed by atoms with Gasteiger partial charge in [-0.25, -0.2) is 14.6 Å². The Morgan fingerprint density at radius 2 is 1.76 bits per heavy atom.